The van der Waals surface area contributed by atoms with Crippen molar-refractivity contribution in [2.75, 3.05) is 44.2 Å². The number of hydrogen-bond acceptors (Lipinski definition) is 8. The molecule has 3 rings (SSSR count). The van der Waals surface area contributed by atoms with E-state index in [1.165, 1.54) is 0 Å². The van der Waals surface area contributed by atoms with Crippen molar-refractivity contribution < 1.29 is 14.3 Å². The molecule has 0 spiro atoms. The number of nitrogens with one attached hydrogen (secondary N) is 1. The zero-order valence-corrected chi connectivity index (χ0v) is 21.6. The minimum Gasteiger partial charge on any atom is -0.444 e. The third kappa shape index (κ3) is 7.82. The second-order valence-electron chi connectivity index (χ2n) is 10.4. The number of nitrogens with zero attached hydrogens (tertiary/aromatic N) is 6. The number of hydrogen-bond donors (Lipinski definition) is 1. The Hall–Kier alpha value is -3.37. The van der Waals surface area contributed by atoms with Gasteiger partial charge < -0.3 is 19.9 Å². The lowest BCUT2D eigenvalue weighted by atomic mass is 10.1. The number of rotatable bonds is 8. The average molecular weight is 496 g/mol. The van der Waals surface area contributed by atoms with Gasteiger partial charge in [-0.2, -0.15) is 10.5 Å². The number of likely N-dealkylation sites (tertiary alicyclic amines) is 1. The highest BCUT2D eigenvalue weighted by Crippen LogP contribution is 2.20. The lowest BCUT2D eigenvalue weighted by Gasteiger charge is -2.35. The van der Waals surface area contributed by atoms with Gasteiger partial charge >= 0.3 is 6.09 Å². The van der Waals surface area contributed by atoms with Gasteiger partial charge in [0.2, 0.25) is 5.91 Å². The summed E-state index contributed by atoms with van der Waals surface area (Å²) in [4.78, 5) is 36.2. The molecule has 2 saturated heterocycles. The number of aromatic nitrogens is 1. The smallest absolute Gasteiger partial charge is 0.408 e. The van der Waals surface area contributed by atoms with Crippen LogP contribution < -0.4 is 10.2 Å². The van der Waals surface area contributed by atoms with Gasteiger partial charge in [0, 0.05) is 38.9 Å². The van der Waals surface area contributed by atoms with Crippen LogP contribution in [0.25, 0.3) is 0 Å². The molecule has 0 aliphatic carbocycles. The molecule has 1 aromatic rings. The number of nitriles is 2. The Kier molecular flexibility index (Phi) is 9.49. The Bertz CT molecular complexity index is 969. The van der Waals surface area contributed by atoms with Crippen molar-refractivity contribution in [1.29, 1.82) is 10.5 Å². The molecule has 194 valence electrons. The van der Waals surface area contributed by atoms with Crippen molar-refractivity contribution in [3.63, 3.8) is 0 Å². The highest BCUT2D eigenvalue weighted by molar-refractivity contribution is 5.86. The number of amides is 2. The monoisotopic (exact) mass is 495 g/mol. The summed E-state index contributed by atoms with van der Waals surface area (Å²) in [6.07, 6.45) is 4.64. The fraction of sp³-hybridized carbons (Fsp3) is 0.654. The number of ether oxygens (including phenoxy) is 1. The summed E-state index contributed by atoms with van der Waals surface area (Å²) < 4.78 is 5.38. The predicted octanol–water partition coefficient (Wildman–Crippen LogP) is 2.65. The molecule has 0 saturated carbocycles. The standard InChI is InChI=1S/C26H37N7O3/c1-26(2,3)36-25(35)30-22(24(34)33-12-6-7-21(33)18-28)8-4-5-11-31-13-15-32(16-14-31)23-10-9-20(17-27)19-29-23/h9-10,19,21-22H,4-8,11-16H2,1-3H3,(H,30,35)/t21-,22-/m0/s1. The van der Waals surface area contributed by atoms with Gasteiger partial charge in [-0.15, -0.1) is 0 Å². The summed E-state index contributed by atoms with van der Waals surface area (Å²) in [7, 11) is 0. The minimum absolute atomic E-state index is 0.201. The summed E-state index contributed by atoms with van der Waals surface area (Å²) in [6.45, 7) is 10.4. The first-order valence-electron chi connectivity index (χ1n) is 12.7. The van der Waals surface area contributed by atoms with Crippen LogP contribution in [0.4, 0.5) is 10.6 Å². The lowest BCUT2D eigenvalue weighted by Crippen LogP contribution is -2.51. The topological polar surface area (TPSA) is 126 Å². The quantitative estimate of drug-likeness (QED) is 0.546. The number of pyridine rings is 1. The van der Waals surface area contributed by atoms with E-state index in [1.54, 1.807) is 37.9 Å². The summed E-state index contributed by atoms with van der Waals surface area (Å²) in [6, 6.07) is 6.85. The molecule has 0 bridgehead atoms. The number of unbranched alkanes of at least 4 members (excludes halogenated alkanes) is 1. The maximum absolute atomic E-state index is 13.2. The number of piperazine rings is 1. The van der Waals surface area contributed by atoms with Gasteiger partial charge in [0.25, 0.3) is 0 Å². The Morgan fingerprint density at radius 3 is 2.53 bits per heavy atom. The highest BCUT2D eigenvalue weighted by atomic mass is 16.6. The van der Waals surface area contributed by atoms with Crippen molar-refractivity contribution in [2.24, 2.45) is 0 Å². The van der Waals surface area contributed by atoms with E-state index in [9.17, 15) is 14.9 Å². The van der Waals surface area contributed by atoms with E-state index < -0.39 is 23.8 Å². The second-order valence-corrected chi connectivity index (χ2v) is 10.4. The van der Waals surface area contributed by atoms with E-state index >= 15 is 0 Å². The summed E-state index contributed by atoms with van der Waals surface area (Å²) in [5.74, 6) is 0.689. The molecule has 10 heteroatoms. The van der Waals surface area contributed by atoms with E-state index in [0.717, 1.165) is 57.8 Å². The first kappa shape index (κ1) is 27.2. The van der Waals surface area contributed by atoms with Crippen molar-refractivity contribution in [3.8, 4) is 12.1 Å². The fourth-order valence-electron chi connectivity index (χ4n) is 4.60. The Morgan fingerprint density at radius 1 is 1.17 bits per heavy atom. The van der Waals surface area contributed by atoms with Gasteiger partial charge in [-0.05, 0) is 71.6 Å². The Labute approximate surface area is 213 Å². The van der Waals surface area contributed by atoms with Gasteiger partial charge in [-0.1, -0.05) is 0 Å². The van der Waals surface area contributed by atoms with Crippen LogP contribution in [0, 0.1) is 22.7 Å². The van der Waals surface area contributed by atoms with Crippen LogP contribution >= 0.6 is 0 Å². The highest BCUT2D eigenvalue weighted by Gasteiger charge is 2.34. The molecule has 0 radical (unpaired) electrons. The molecule has 10 nitrogen and oxygen atoms in total. The van der Waals surface area contributed by atoms with E-state index in [2.05, 4.69) is 32.2 Å². The van der Waals surface area contributed by atoms with Gasteiger partial charge in [0.15, 0.2) is 0 Å². The second kappa shape index (κ2) is 12.5. The molecule has 0 unspecified atom stereocenters. The number of carbonyl (C=O) groups is 2. The summed E-state index contributed by atoms with van der Waals surface area (Å²) in [5.41, 5.74) is -0.0983. The first-order chi connectivity index (χ1) is 17.2. The molecular weight excluding hydrogens is 458 g/mol. The van der Waals surface area contributed by atoms with Crippen LogP contribution in [0.2, 0.25) is 0 Å². The van der Waals surface area contributed by atoms with Crippen LogP contribution in [-0.4, -0.2) is 83.7 Å². The molecular formula is C26H37N7O3. The van der Waals surface area contributed by atoms with Crippen molar-refractivity contribution >= 4 is 17.8 Å². The fourth-order valence-corrected chi connectivity index (χ4v) is 4.60. The van der Waals surface area contributed by atoms with Crippen LogP contribution in [-0.2, 0) is 9.53 Å². The molecule has 2 aliphatic heterocycles. The van der Waals surface area contributed by atoms with Crippen LogP contribution in [0.15, 0.2) is 18.3 Å². The third-order valence-electron chi connectivity index (χ3n) is 6.46. The van der Waals surface area contributed by atoms with E-state index in [1.807, 2.05) is 6.07 Å². The van der Waals surface area contributed by atoms with Crippen molar-refractivity contribution in [2.45, 2.75) is 70.6 Å². The Balaban J connectivity index is 1.47. The maximum atomic E-state index is 13.2. The molecule has 1 aromatic heterocycles. The predicted molar refractivity (Wildman–Crippen MR) is 135 cm³/mol. The van der Waals surface area contributed by atoms with E-state index in [4.69, 9.17) is 10.00 Å². The summed E-state index contributed by atoms with van der Waals surface area (Å²) >= 11 is 0. The zero-order chi connectivity index (χ0) is 26.1. The molecule has 0 aromatic carbocycles. The van der Waals surface area contributed by atoms with Gasteiger partial charge in [0.1, 0.15) is 29.6 Å². The number of alkyl carbamates (subject to hydrolysis) is 1. The molecule has 3 heterocycles. The van der Waals surface area contributed by atoms with E-state index in [0.29, 0.717) is 24.9 Å². The van der Waals surface area contributed by atoms with Gasteiger partial charge in [-0.25, -0.2) is 9.78 Å². The van der Waals surface area contributed by atoms with E-state index in [-0.39, 0.29) is 5.91 Å². The Morgan fingerprint density at radius 2 is 1.92 bits per heavy atom. The average Bonchev–Trinajstić information content (AvgIpc) is 3.34. The summed E-state index contributed by atoms with van der Waals surface area (Å²) in [5, 5.41) is 21.1. The van der Waals surface area contributed by atoms with Crippen LogP contribution in [0.5, 0.6) is 0 Å². The lowest BCUT2D eigenvalue weighted by molar-refractivity contribution is -0.133. The number of carbonyl (C=O) groups excluding carboxylic acids is 2. The first-order valence-corrected chi connectivity index (χ1v) is 12.7. The maximum Gasteiger partial charge on any atom is 0.408 e. The third-order valence-corrected chi connectivity index (χ3v) is 6.46. The molecule has 2 amide bonds. The van der Waals surface area contributed by atoms with Crippen LogP contribution in [0.3, 0.4) is 0 Å². The zero-order valence-electron chi connectivity index (χ0n) is 21.6. The van der Waals surface area contributed by atoms with Crippen molar-refractivity contribution in [3.05, 3.63) is 23.9 Å². The van der Waals surface area contributed by atoms with Gasteiger partial charge in [0.05, 0.1) is 11.6 Å². The SMILES string of the molecule is CC(C)(C)OC(=O)N[C@@H](CCCCN1CCN(c2ccc(C#N)cn2)CC1)C(=O)N1CCC[C@H]1C#N. The molecule has 2 aliphatic rings. The largest absolute Gasteiger partial charge is 0.444 e. The van der Waals surface area contributed by atoms with Gasteiger partial charge in [-0.3, -0.25) is 9.69 Å². The minimum atomic E-state index is -0.701. The normalized spacial score (nSPS) is 19.3. The van der Waals surface area contributed by atoms with Crippen molar-refractivity contribution in [1.82, 2.24) is 20.1 Å². The molecule has 2 atom stereocenters. The molecule has 1 N–H and O–H groups in total. The number of anilines is 1. The molecule has 2 fully saturated rings. The van der Waals surface area contributed by atoms with Crippen LogP contribution in [0.1, 0.15) is 58.4 Å². The molecule has 36 heavy (non-hydrogen) atoms.